The number of benzene rings is 1. The lowest BCUT2D eigenvalue weighted by atomic mass is 10.0. The summed E-state index contributed by atoms with van der Waals surface area (Å²) in [7, 11) is -3.46. The fraction of sp³-hybridized carbons (Fsp3) is 0.500. The molecular formula is C16H21NO6S. The standard InChI is InChI=1S/C16H21NO6S/c1-11-3-4-13(24(2,21)22)9-14(11)16(20)17(10-15(18)19)12-5-7-23-8-6-12/h3-4,9,12H,5-8,10H2,1-2H3,(H,18,19). The Kier molecular flexibility index (Phi) is 5.61. The van der Waals surface area contributed by atoms with Gasteiger partial charge in [0.05, 0.1) is 4.90 Å². The third-order valence-electron chi connectivity index (χ3n) is 4.07. The molecule has 0 aromatic heterocycles. The maximum atomic E-state index is 12.9. The van der Waals surface area contributed by atoms with Crippen molar-refractivity contribution in [2.24, 2.45) is 0 Å². The van der Waals surface area contributed by atoms with E-state index < -0.39 is 28.3 Å². The minimum Gasteiger partial charge on any atom is -0.480 e. The first-order chi connectivity index (χ1) is 11.2. The van der Waals surface area contributed by atoms with E-state index in [1.807, 2.05) is 0 Å². The highest BCUT2D eigenvalue weighted by Gasteiger charge is 2.29. The average Bonchev–Trinajstić information content (AvgIpc) is 2.52. The van der Waals surface area contributed by atoms with E-state index >= 15 is 0 Å². The largest absolute Gasteiger partial charge is 0.480 e. The van der Waals surface area contributed by atoms with Gasteiger partial charge in [-0.05, 0) is 37.5 Å². The number of hydrogen-bond acceptors (Lipinski definition) is 5. The zero-order valence-corrected chi connectivity index (χ0v) is 14.5. The molecule has 0 unspecified atom stereocenters. The number of carboxylic acid groups (broad SMARTS) is 1. The van der Waals surface area contributed by atoms with E-state index in [1.54, 1.807) is 13.0 Å². The van der Waals surface area contributed by atoms with E-state index in [2.05, 4.69) is 0 Å². The Balaban J connectivity index is 2.39. The molecule has 0 spiro atoms. The van der Waals surface area contributed by atoms with E-state index in [1.165, 1.54) is 17.0 Å². The van der Waals surface area contributed by atoms with Gasteiger partial charge in [-0.2, -0.15) is 0 Å². The molecule has 1 heterocycles. The summed E-state index contributed by atoms with van der Waals surface area (Å²) in [6.07, 6.45) is 2.19. The van der Waals surface area contributed by atoms with Gasteiger partial charge in [0.1, 0.15) is 6.54 Å². The zero-order valence-electron chi connectivity index (χ0n) is 13.7. The first kappa shape index (κ1) is 18.4. The van der Waals surface area contributed by atoms with Gasteiger partial charge < -0.3 is 14.7 Å². The number of amides is 1. The van der Waals surface area contributed by atoms with Gasteiger partial charge >= 0.3 is 5.97 Å². The second kappa shape index (κ2) is 7.31. The maximum absolute atomic E-state index is 12.9. The first-order valence-corrected chi connectivity index (χ1v) is 9.50. The van der Waals surface area contributed by atoms with Crippen molar-refractivity contribution in [2.75, 3.05) is 26.0 Å². The summed E-state index contributed by atoms with van der Waals surface area (Å²) in [6, 6.07) is 4.09. The number of sulfone groups is 1. The SMILES string of the molecule is Cc1ccc(S(C)(=O)=O)cc1C(=O)N(CC(=O)O)C1CCOCC1. The zero-order chi connectivity index (χ0) is 17.9. The molecule has 1 amide bonds. The van der Waals surface area contributed by atoms with Crippen LogP contribution < -0.4 is 0 Å². The second-order valence-corrected chi connectivity index (χ2v) is 7.93. The molecule has 0 aliphatic carbocycles. The van der Waals surface area contributed by atoms with Crippen LogP contribution >= 0.6 is 0 Å². The average molecular weight is 355 g/mol. The van der Waals surface area contributed by atoms with Gasteiger partial charge in [0.2, 0.25) is 0 Å². The molecule has 1 aromatic carbocycles. The maximum Gasteiger partial charge on any atom is 0.323 e. The third-order valence-corrected chi connectivity index (χ3v) is 5.18. The van der Waals surface area contributed by atoms with Crippen molar-refractivity contribution < 1.29 is 27.9 Å². The number of hydrogen-bond donors (Lipinski definition) is 1. The highest BCUT2D eigenvalue weighted by Crippen LogP contribution is 2.21. The molecule has 2 rings (SSSR count). The monoisotopic (exact) mass is 355 g/mol. The molecule has 0 saturated carbocycles. The molecule has 1 N–H and O–H groups in total. The lowest BCUT2D eigenvalue weighted by molar-refractivity contribution is -0.138. The van der Waals surface area contributed by atoms with Crippen LogP contribution in [-0.2, 0) is 19.4 Å². The Morgan fingerprint density at radius 3 is 2.46 bits per heavy atom. The summed E-state index contributed by atoms with van der Waals surface area (Å²) in [4.78, 5) is 25.4. The van der Waals surface area contributed by atoms with E-state index in [-0.39, 0.29) is 16.5 Å². The van der Waals surface area contributed by atoms with Crippen molar-refractivity contribution in [1.29, 1.82) is 0 Å². The molecule has 1 saturated heterocycles. The summed E-state index contributed by atoms with van der Waals surface area (Å²) < 4.78 is 28.7. The number of nitrogens with zero attached hydrogens (tertiary/aromatic N) is 1. The Bertz CT molecular complexity index is 737. The number of carbonyl (C=O) groups is 2. The summed E-state index contributed by atoms with van der Waals surface area (Å²) in [5.41, 5.74) is 0.820. The van der Waals surface area contributed by atoms with Crippen LogP contribution in [0.1, 0.15) is 28.8 Å². The van der Waals surface area contributed by atoms with Crippen molar-refractivity contribution in [3.05, 3.63) is 29.3 Å². The number of carbonyl (C=O) groups excluding carboxylic acids is 1. The summed E-state index contributed by atoms with van der Waals surface area (Å²) in [6.45, 7) is 2.21. The molecule has 0 radical (unpaired) electrons. The smallest absolute Gasteiger partial charge is 0.323 e. The normalized spacial score (nSPS) is 15.9. The van der Waals surface area contributed by atoms with E-state index in [4.69, 9.17) is 9.84 Å². The molecule has 132 valence electrons. The van der Waals surface area contributed by atoms with Crippen LogP contribution in [0.15, 0.2) is 23.1 Å². The van der Waals surface area contributed by atoms with Crippen molar-refractivity contribution in [1.82, 2.24) is 4.90 Å². The topological polar surface area (TPSA) is 101 Å². The molecule has 24 heavy (non-hydrogen) atoms. The van der Waals surface area contributed by atoms with Crippen LogP contribution in [0.25, 0.3) is 0 Å². The van der Waals surface area contributed by atoms with Gasteiger partial charge in [-0.1, -0.05) is 6.07 Å². The molecule has 1 aliphatic rings. The van der Waals surface area contributed by atoms with E-state index in [9.17, 15) is 18.0 Å². The number of aliphatic carboxylic acids is 1. The Labute approximate surface area is 141 Å². The van der Waals surface area contributed by atoms with E-state index in [0.717, 1.165) is 6.26 Å². The van der Waals surface area contributed by atoms with Crippen molar-refractivity contribution in [3.8, 4) is 0 Å². The fourth-order valence-electron chi connectivity index (χ4n) is 2.73. The third kappa shape index (κ3) is 4.33. The summed E-state index contributed by atoms with van der Waals surface area (Å²) in [5, 5.41) is 9.14. The quantitative estimate of drug-likeness (QED) is 0.849. The van der Waals surface area contributed by atoms with E-state index in [0.29, 0.717) is 31.6 Å². The van der Waals surface area contributed by atoms with Crippen LogP contribution in [0.5, 0.6) is 0 Å². The number of carboxylic acids is 1. The van der Waals surface area contributed by atoms with Crippen molar-refractivity contribution >= 4 is 21.7 Å². The van der Waals surface area contributed by atoms with Crippen LogP contribution in [0.3, 0.4) is 0 Å². The van der Waals surface area contributed by atoms with Crippen LogP contribution in [0, 0.1) is 6.92 Å². The predicted octanol–water partition coefficient (Wildman–Crippen LogP) is 1.10. The van der Waals surface area contributed by atoms with Gasteiger partial charge in [0.25, 0.3) is 5.91 Å². The van der Waals surface area contributed by atoms with Gasteiger partial charge in [0.15, 0.2) is 9.84 Å². The molecule has 8 heteroatoms. The van der Waals surface area contributed by atoms with Gasteiger partial charge in [-0.25, -0.2) is 8.42 Å². The summed E-state index contributed by atoms with van der Waals surface area (Å²) in [5.74, 6) is -1.57. The fourth-order valence-corrected chi connectivity index (χ4v) is 3.37. The predicted molar refractivity (Wildman–Crippen MR) is 86.8 cm³/mol. The number of aryl methyl sites for hydroxylation is 1. The minimum atomic E-state index is -3.46. The molecule has 1 fully saturated rings. The first-order valence-electron chi connectivity index (χ1n) is 7.61. The molecule has 1 aromatic rings. The molecule has 1 aliphatic heterocycles. The van der Waals surface area contributed by atoms with Crippen molar-refractivity contribution in [3.63, 3.8) is 0 Å². The number of rotatable bonds is 5. The molecule has 7 nitrogen and oxygen atoms in total. The Morgan fingerprint density at radius 2 is 1.92 bits per heavy atom. The van der Waals surface area contributed by atoms with Gasteiger partial charge in [-0.15, -0.1) is 0 Å². The van der Waals surface area contributed by atoms with Crippen LogP contribution in [-0.4, -0.2) is 62.4 Å². The molecular weight excluding hydrogens is 334 g/mol. The number of ether oxygens (including phenoxy) is 1. The summed E-state index contributed by atoms with van der Waals surface area (Å²) >= 11 is 0. The lowest BCUT2D eigenvalue weighted by Gasteiger charge is -2.33. The highest BCUT2D eigenvalue weighted by atomic mass is 32.2. The Hall–Kier alpha value is -1.93. The van der Waals surface area contributed by atoms with Crippen LogP contribution in [0.4, 0.5) is 0 Å². The van der Waals surface area contributed by atoms with Crippen LogP contribution in [0.2, 0.25) is 0 Å². The lowest BCUT2D eigenvalue weighted by Crippen LogP contribution is -2.46. The molecule has 0 atom stereocenters. The molecule has 0 bridgehead atoms. The second-order valence-electron chi connectivity index (χ2n) is 5.92. The van der Waals surface area contributed by atoms with Gasteiger partial charge in [-0.3, -0.25) is 9.59 Å². The Morgan fingerprint density at radius 1 is 1.29 bits per heavy atom. The van der Waals surface area contributed by atoms with Gasteiger partial charge in [0, 0.05) is 31.1 Å². The highest BCUT2D eigenvalue weighted by molar-refractivity contribution is 7.90. The van der Waals surface area contributed by atoms with Crippen molar-refractivity contribution in [2.45, 2.75) is 30.7 Å². The minimum absolute atomic E-state index is 0.0405.